The molecule has 1 heterocycles. The minimum absolute atomic E-state index is 0.194. The summed E-state index contributed by atoms with van der Waals surface area (Å²) in [6, 6.07) is 0. The number of hydrogen-bond acceptors (Lipinski definition) is 2. The van der Waals surface area contributed by atoms with Crippen LogP contribution in [0, 0.1) is 11.8 Å². The summed E-state index contributed by atoms with van der Waals surface area (Å²) in [5.41, 5.74) is 0. The number of hydrogen-bond donors (Lipinski definition) is 1. The first kappa shape index (κ1) is 10.5. The molecule has 0 spiro atoms. The van der Waals surface area contributed by atoms with E-state index >= 15 is 0 Å². The van der Waals surface area contributed by atoms with E-state index in [4.69, 9.17) is 5.11 Å². The molecule has 1 N–H and O–H groups in total. The second kappa shape index (κ2) is 4.61. The van der Waals surface area contributed by atoms with E-state index < -0.39 is 5.97 Å². The molecule has 1 rings (SSSR count). The van der Waals surface area contributed by atoms with Gasteiger partial charge in [-0.3, -0.25) is 4.79 Å². The van der Waals surface area contributed by atoms with Gasteiger partial charge in [-0.15, -0.1) is 0 Å². The van der Waals surface area contributed by atoms with Gasteiger partial charge in [-0.1, -0.05) is 20.3 Å². The second-order valence-electron chi connectivity index (χ2n) is 4.06. The highest BCUT2D eigenvalue weighted by Crippen LogP contribution is 2.19. The van der Waals surface area contributed by atoms with E-state index in [0.29, 0.717) is 0 Å². The van der Waals surface area contributed by atoms with Crippen LogP contribution in [-0.4, -0.2) is 35.6 Å². The number of carbonyl (C=O) groups is 1. The number of aliphatic carboxylic acids is 1. The highest BCUT2D eigenvalue weighted by atomic mass is 16.4. The number of nitrogens with zero attached hydrogens (tertiary/aromatic N) is 1. The Morgan fingerprint density at radius 3 is 2.69 bits per heavy atom. The minimum Gasteiger partial charge on any atom is -0.481 e. The van der Waals surface area contributed by atoms with Gasteiger partial charge in [-0.25, -0.2) is 0 Å². The molecule has 0 aromatic carbocycles. The van der Waals surface area contributed by atoms with Crippen LogP contribution in [-0.2, 0) is 4.79 Å². The van der Waals surface area contributed by atoms with E-state index in [2.05, 4.69) is 11.8 Å². The van der Waals surface area contributed by atoms with Gasteiger partial charge in [-0.05, 0) is 18.9 Å². The van der Waals surface area contributed by atoms with E-state index in [1.165, 1.54) is 19.5 Å². The number of carboxylic acids is 1. The largest absolute Gasteiger partial charge is 0.481 e. The standard InChI is InChI=1S/C10H19NO2/c1-3-9-6-11(7-9)5-4-8(2)10(12)13/h8-9H,3-7H2,1-2H3,(H,12,13). The molecule has 0 saturated carbocycles. The normalized spacial score (nSPS) is 21.1. The molecule has 1 aliphatic heterocycles. The van der Waals surface area contributed by atoms with Crippen LogP contribution in [0.4, 0.5) is 0 Å². The van der Waals surface area contributed by atoms with Crippen molar-refractivity contribution in [2.75, 3.05) is 19.6 Å². The third-order valence-corrected chi connectivity index (χ3v) is 2.91. The smallest absolute Gasteiger partial charge is 0.306 e. The van der Waals surface area contributed by atoms with Crippen molar-refractivity contribution in [3.63, 3.8) is 0 Å². The molecule has 13 heavy (non-hydrogen) atoms. The van der Waals surface area contributed by atoms with Gasteiger partial charge in [0.15, 0.2) is 0 Å². The molecule has 1 aliphatic rings. The van der Waals surface area contributed by atoms with Gasteiger partial charge < -0.3 is 10.0 Å². The van der Waals surface area contributed by atoms with Gasteiger partial charge in [0, 0.05) is 13.1 Å². The van der Waals surface area contributed by atoms with E-state index in [1.54, 1.807) is 6.92 Å². The molecule has 1 unspecified atom stereocenters. The van der Waals surface area contributed by atoms with Crippen LogP contribution in [0.1, 0.15) is 26.7 Å². The maximum atomic E-state index is 10.5. The maximum Gasteiger partial charge on any atom is 0.306 e. The van der Waals surface area contributed by atoms with Crippen LogP contribution >= 0.6 is 0 Å². The average molecular weight is 185 g/mol. The van der Waals surface area contributed by atoms with Gasteiger partial charge in [-0.2, -0.15) is 0 Å². The Morgan fingerprint density at radius 2 is 2.23 bits per heavy atom. The van der Waals surface area contributed by atoms with Gasteiger partial charge in [0.1, 0.15) is 0 Å². The topological polar surface area (TPSA) is 40.5 Å². The third kappa shape index (κ3) is 2.99. The molecule has 0 amide bonds. The lowest BCUT2D eigenvalue weighted by molar-refractivity contribution is -0.141. The minimum atomic E-state index is -0.674. The van der Waals surface area contributed by atoms with E-state index in [-0.39, 0.29) is 5.92 Å². The molecular weight excluding hydrogens is 166 g/mol. The molecule has 0 radical (unpaired) electrons. The Bertz CT molecular complexity index is 176. The van der Waals surface area contributed by atoms with Crippen molar-refractivity contribution in [3.8, 4) is 0 Å². The highest BCUT2D eigenvalue weighted by molar-refractivity contribution is 5.69. The van der Waals surface area contributed by atoms with Crippen molar-refractivity contribution in [3.05, 3.63) is 0 Å². The van der Waals surface area contributed by atoms with Crippen molar-refractivity contribution in [2.24, 2.45) is 11.8 Å². The first-order chi connectivity index (χ1) is 6.13. The van der Waals surface area contributed by atoms with Crippen molar-refractivity contribution >= 4 is 5.97 Å². The fourth-order valence-electron chi connectivity index (χ4n) is 1.62. The lowest BCUT2D eigenvalue weighted by Gasteiger charge is -2.39. The third-order valence-electron chi connectivity index (χ3n) is 2.91. The van der Waals surface area contributed by atoms with E-state index in [9.17, 15) is 4.79 Å². The van der Waals surface area contributed by atoms with Gasteiger partial charge in [0.05, 0.1) is 5.92 Å². The molecular formula is C10H19NO2. The van der Waals surface area contributed by atoms with Gasteiger partial charge in [0.25, 0.3) is 0 Å². The Labute approximate surface area is 79.7 Å². The molecule has 76 valence electrons. The van der Waals surface area contributed by atoms with Gasteiger partial charge in [0.2, 0.25) is 0 Å². The summed E-state index contributed by atoms with van der Waals surface area (Å²) in [5.74, 6) is -0.00613. The molecule has 0 aliphatic carbocycles. The van der Waals surface area contributed by atoms with Gasteiger partial charge >= 0.3 is 5.97 Å². The predicted molar refractivity (Wildman–Crippen MR) is 51.6 cm³/mol. The summed E-state index contributed by atoms with van der Waals surface area (Å²) in [5, 5.41) is 8.67. The van der Waals surface area contributed by atoms with Crippen LogP contribution < -0.4 is 0 Å². The second-order valence-corrected chi connectivity index (χ2v) is 4.06. The lowest BCUT2D eigenvalue weighted by Crippen LogP contribution is -2.47. The Morgan fingerprint density at radius 1 is 1.62 bits per heavy atom. The molecule has 0 aromatic rings. The van der Waals surface area contributed by atoms with Crippen molar-refractivity contribution in [1.29, 1.82) is 0 Å². The Hall–Kier alpha value is -0.570. The molecule has 1 atom stereocenters. The summed E-state index contributed by atoms with van der Waals surface area (Å²) >= 11 is 0. The summed E-state index contributed by atoms with van der Waals surface area (Å²) in [4.78, 5) is 12.9. The molecule has 3 heteroatoms. The summed E-state index contributed by atoms with van der Waals surface area (Å²) in [6.45, 7) is 7.27. The van der Waals surface area contributed by atoms with Crippen molar-refractivity contribution < 1.29 is 9.90 Å². The fraction of sp³-hybridized carbons (Fsp3) is 0.900. The van der Waals surface area contributed by atoms with Crippen LogP contribution in [0.2, 0.25) is 0 Å². The molecule has 3 nitrogen and oxygen atoms in total. The molecule has 0 aromatic heterocycles. The van der Waals surface area contributed by atoms with Crippen molar-refractivity contribution in [2.45, 2.75) is 26.7 Å². The zero-order valence-electron chi connectivity index (χ0n) is 8.49. The molecule has 0 bridgehead atoms. The number of rotatable bonds is 5. The van der Waals surface area contributed by atoms with Crippen molar-refractivity contribution in [1.82, 2.24) is 4.90 Å². The lowest BCUT2D eigenvalue weighted by atomic mass is 9.96. The fourth-order valence-corrected chi connectivity index (χ4v) is 1.62. The monoisotopic (exact) mass is 185 g/mol. The Kier molecular flexibility index (Phi) is 3.72. The first-order valence-electron chi connectivity index (χ1n) is 5.08. The predicted octanol–water partition coefficient (Wildman–Crippen LogP) is 1.44. The number of carboxylic acid groups (broad SMARTS) is 1. The highest BCUT2D eigenvalue weighted by Gasteiger charge is 2.25. The zero-order valence-corrected chi connectivity index (χ0v) is 8.49. The molecule has 1 saturated heterocycles. The van der Waals surface area contributed by atoms with Crippen LogP contribution in [0.5, 0.6) is 0 Å². The quantitative estimate of drug-likeness (QED) is 0.704. The number of likely N-dealkylation sites (tertiary alicyclic amines) is 1. The van der Waals surface area contributed by atoms with Crippen LogP contribution in [0.3, 0.4) is 0 Å². The molecule has 1 fully saturated rings. The zero-order chi connectivity index (χ0) is 9.84. The van der Waals surface area contributed by atoms with Crippen LogP contribution in [0.25, 0.3) is 0 Å². The summed E-state index contributed by atoms with van der Waals surface area (Å²) < 4.78 is 0. The summed E-state index contributed by atoms with van der Waals surface area (Å²) in [6.07, 6.45) is 2.04. The first-order valence-corrected chi connectivity index (χ1v) is 5.08. The summed E-state index contributed by atoms with van der Waals surface area (Å²) in [7, 11) is 0. The van der Waals surface area contributed by atoms with Crippen LogP contribution in [0.15, 0.2) is 0 Å². The maximum absolute atomic E-state index is 10.5. The SMILES string of the molecule is CCC1CN(CCC(C)C(=O)O)C1. The Balaban J connectivity index is 2.05. The van der Waals surface area contributed by atoms with E-state index in [1.807, 2.05) is 0 Å². The average Bonchev–Trinajstić information content (AvgIpc) is 2.01. The van der Waals surface area contributed by atoms with E-state index in [0.717, 1.165) is 18.9 Å².